The van der Waals surface area contributed by atoms with Crippen molar-refractivity contribution in [1.82, 2.24) is 0 Å². The smallest absolute Gasteiger partial charge is 0.256 e. The van der Waals surface area contributed by atoms with Gasteiger partial charge < -0.3 is 5.32 Å². The molecule has 1 unspecified atom stereocenters. The van der Waals surface area contributed by atoms with Crippen molar-refractivity contribution in [2.45, 2.75) is 50.2 Å². The Morgan fingerprint density at radius 3 is 2.72 bits per heavy atom. The molecule has 130 valence electrons. The zero-order valence-corrected chi connectivity index (χ0v) is 16.4. The predicted octanol–water partition coefficient (Wildman–Crippen LogP) is 5.50. The highest BCUT2D eigenvalue weighted by atomic mass is 32.2. The molecule has 1 heterocycles. The summed E-state index contributed by atoms with van der Waals surface area (Å²) in [4.78, 5) is 15.0. The Labute approximate surface area is 157 Å². The highest BCUT2D eigenvalue weighted by Gasteiger charge is 2.24. The van der Waals surface area contributed by atoms with Crippen molar-refractivity contribution in [3.63, 3.8) is 0 Å². The van der Waals surface area contributed by atoms with E-state index in [1.54, 1.807) is 23.1 Å². The molecule has 1 aromatic heterocycles. The highest BCUT2D eigenvalue weighted by molar-refractivity contribution is 7.99. The average molecular weight is 371 g/mol. The second kappa shape index (κ2) is 7.63. The maximum absolute atomic E-state index is 12.6. The summed E-state index contributed by atoms with van der Waals surface area (Å²) < 4.78 is 0. The lowest BCUT2D eigenvalue weighted by Gasteiger charge is -2.17. The van der Waals surface area contributed by atoms with Gasteiger partial charge in [-0.1, -0.05) is 20.8 Å². The van der Waals surface area contributed by atoms with Crippen LogP contribution in [0.4, 0.5) is 5.00 Å². The lowest BCUT2D eigenvalue weighted by Crippen LogP contribution is -2.12. The van der Waals surface area contributed by atoms with Gasteiger partial charge in [0.2, 0.25) is 0 Å². The van der Waals surface area contributed by atoms with Crippen LogP contribution >= 0.6 is 23.1 Å². The number of rotatable bonds is 4. The Balaban J connectivity index is 1.78. The minimum absolute atomic E-state index is 0.149. The van der Waals surface area contributed by atoms with Gasteiger partial charge in [-0.15, -0.1) is 23.1 Å². The normalized spacial score (nSPS) is 16.4. The van der Waals surface area contributed by atoms with Crippen LogP contribution in [0.15, 0.2) is 29.2 Å². The molecular formula is C20H22N2OS2. The summed E-state index contributed by atoms with van der Waals surface area (Å²) in [7, 11) is 0. The lowest BCUT2D eigenvalue weighted by molar-refractivity contribution is 0.102. The van der Waals surface area contributed by atoms with Gasteiger partial charge in [0.15, 0.2) is 0 Å². The van der Waals surface area contributed by atoms with Crippen LogP contribution in [0.5, 0.6) is 0 Å². The van der Waals surface area contributed by atoms with Crippen LogP contribution in [-0.4, -0.2) is 11.2 Å². The first kappa shape index (κ1) is 18.0. The van der Waals surface area contributed by atoms with E-state index < -0.39 is 0 Å². The Morgan fingerprint density at radius 1 is 1.36 bits per heavy atom. The first-order valence-electron chi connectivity index (χ1n) is 8.60. The average Bonchev–Trinajstić information content (AvgIpc) is 2.90. The minimum Gasteiger partial charge on any atom is -0.312 e. The fourth-order valence-electron chi connectivity index (χ4n) is 3.09. The number of hydrogen-bond donors (Lipinski definition) is 1. The molecule has 1 amide bonds. The molecule has 2 aromatic rings. The minimum atomic E-state index is -0.149. The summed E-state index contributed by atoms with van der Waals surface area (Å²) in [5, 5.41) is 13.7. The van der Waals surface area contributed by atoms with Gasteiger partial charge in [-0.2, -0.15) is 5.26 Å². The third-order valence-corrected chi connectivity index (χ3v) is 6.52. The number of thiophene rings is 1. The van der Waals surface area contributed by atoms with Crippen molar-refractivity contribution < 1.29 is 4.79 Å². The Bertz CT molecular complexity index is 815. The van der Waals surface area contributed by atoms with E-state index >= 15 is 0 Å². The molecule has 0 radical (unpaired) electrons. The number of thioether (sulfide) groups is 1. The first-order chi connectivity index (χ1) is 12.0. The molecule has 0 spiro atoms. The summed E-state index contributed by atoms with van der Waals surface area (Å²) in [5.41, 5.74) is 2.42. The molecule has 0 saturated carbocycles. The standard InChI is InChI=1S/C20H22N2OS2/c1-12(2)24-15-7-5-14(6-8-15)19(23)22-20-17(11-21)16-9-4-13(3)10-18(16)25-20/h5-8,12-13H,4,9-10H2,1-3H3,(H,22,23). The van der Waals surface area contributed by atoms with Gasteiger partial charge in [0.1, 0.15) is 11.1 Å². The second-order valence-corrected chi connectivity index (χ2v) is 9.57. The van der Waals surface area contributed by atoms with E-state index in [0.717, 1.165) is 29.7 Å². The molecule has 1 aliphatic carbocycles. The van der Waals surface area contributed by atoms with Crippen molar-refractivity contribution in [3.8, 4) is 6.07 Å². The van der Waals surface area contributed by atoms with E-state index in [9.17, 15) is 10.1 Å². The van der Waals surface area contributed by atoms with E-state index in [2.05, 4.69) is 32.2 Å². The SMILES string of the molecule is CC1CCc2c(sc(NC(=O)c3ccc(SC(C)C)cc3)c2C#N)C1. The van der Waals surface area contributed by atoms with Gasteiger partial charge in [0.25, 0.3) is 5.91 Å². The summed E-state index contributed by atoms with van der Waals surface area (Å²) in [6, 6.07) is 9.95. The topological polar surface area (TPSA) is 52.9 Å². The zero-order chi connectivity index (χ0) is 18.0. The lowest BCUT2D eigenvalue weighted by atomic mass is 9.88. The fourth-order valence-corrected chi connectivity index (χ4v) is 5.28. The Morgan fingerprint density at radius 2 is 2.08 bits per heavy atom. The molecular weight excluding hydrogens is 348 g/mol. The molecule has 1 aromatic carbocycles. The van der Waals surface area contributed by atoms with Crippen LogP contribution < -0.4 is 5.32 Å². The van der Waals surface area contributed by atoms with E-state index in [1.165, 1.54) is 4.88 Å². The Hall–Kier alpha value is -1.77. The Kier molecular flexibility index (Phi) is 5.51. The van der Waals surface area contributed by atoms with Crippen molar-refractivity contribution >= 4 is 34.0 Å². The number of nitrogens with zero attached hydrogens (tertiary/aromatic N) is 1. The van der Waals surface area contributed by atoms with Gasteiger partial charge in [-0.3, -0.25) is 4.79 Å². The summed E-state index contributed by atoms with van der Waals surface area (Å²) in [6.07, 6.45) is 3.05. The van der Waals surface area contributed by atoms with E-state index in [4.69, 9.17) is 0 Å². The zero-order valence-electron chi connectivity index (χ0n) is 14.8. The predicted molar refractivity (Wildman–Crippen MR) is 106 cm³/mol. The van der Waals surface area contributed by atoms with E-state index in [1.807, 2.05) is 24.3 Å². The number of hydrogen-bond acceptors (Lipinski definition) is 4. The number of nitrogens with one attached hydrogen (secondary N) is 1. The third-order valence-electron chi connectivity index (χ3n) is 4.34. The number of amides is 1. The quantitative estimate of drug-likeness (QED) is 0.723. The van der Waals surface area contributed by atoms with Crippen LogP contribution in [0, 0.1) is 17.2 Å². The molecule has 0 fully saturated rings. The molecule has 3 rings (SSSR count). The monoisotopic (exact) mass is 370 g/mol. The van der Waals surface area contributed by atoms with Gasteiger partial charge in [-0.05, 0) is 55.0 Å². The largest absolute Gasteiger partial charge is 0.312 e. The molecule has 25 heavy (non-hydrogen) atoms. The van der Waals surface area contributed by atoms with Crippen LogP contribution in [-0.2, 0) is 12.8 Å². The number of benzene rings is 1. The van der Waals surface area contributed by atoms with Crippen molar-refractivity contribution in [2.75, 3.05) is 5.32 Å². The molecule has 3 nitrogen and oxygen atoms in total. The van der Waals surface area contributed by atoms with Crippen LogP contribution in [0.2, 0.25) is 0 Å². The van der Waals surface area contributed by atoms with Gasteiger partial charge >= 0.3 is 0 Å². The van der Waals surface area contributed by atoms with Crippen LogP contribution in [0.3, 0.4) is 0 Å². The van der Waals surface area contributed by atoms with Crippen LogP contribution in [0.1, 0.15) is 53.6 Å². The molecule has 0 aliphatic heterocycles. The highest BCUT2D eigenvalue weighted by Crippen LogP contribution is 2.39. The van der Waals surface area contributed by atoms with E-state index in [-0.39, 0.29) is 5.91 Å². The first-order valence-corrected chi connectivity index (χ1v) is 10.3. The van der Waals surface area contributed by atoms with Crippen LogP contribution in [0.25, 0.3) is 0 Å². The third kappa shape index (κ3) is 4.08. The summed E-state index contributed by atoms with van der Waals surface area (Å²) >= 11 is 3.34. The molecule has 0 bridgehead atoms. The maximum atomic E-state index is 12.6. The number of nitriles is 1. The number of carbonyl (C=O) groups excluding carboxylic acids is 1. The molecule has 1 atom stereocenters. The fraction of sp³-hybridized carbons (Fsp3) is 0.400. The number of fused-ring (bicyclic) bond motifs is 1. The van der Waals surface area contributed by atoms with Crippen molar-refractivity contribution in [2.24, 2.45) is 5.92 Å². The molecule has 1 aliphatic rings. The molecule has 5 heteroatoms. The number of carbonyl (C=O) groups is 1. The maximum Gasteiger partial charge on any atom is 0.256 e. The molecule has 1 N–H and O–H groups in total. The molecule has 0 saturated heterocycles. The second-order valence-electron chi connectivity index (χ2n) is 6.81. The van der Waals surface area contributed by atoms with Crippen molar-refractivity contribution in [3.05, 3.63) is 45.8 Å². The van der Waals surface area contributed by atoms with Gasteiger partial charge in [-0.25, -0.2) is 0 Å². The van der Waals surface area contributed by atoms with Gasteiger partial charge in [0, 0.05) is 20.6 Å². The van der Waals surface area contributed by atoms with E-state index in [0.29, 0.717) is 27.3 Å². The van der Waals surface area contributed by atoms with Gasteiger partial charge in [0.05, 0.1) is 5.56 Å². The summed E-state index contributed by atoms with van der Waals surface area (Å²) in [6.45, 7) is 6.53. The summed E-state index contributed by atoms with van der Waals surface area (Å²) in [5.74, 6) is 0.497. The van der Waals surface area contributed by atoms with Crippen molar-refractivity contribution in [1.29, 1.82) is 5.26 Å². The number of anilines is 1.